The van der Waals surface area contributed by atoms with E-state index in [1.807, 2.05) is 0 Å². The average Bonchev–Trinajstić information content (AvgIpc) is 3.47. The summed E-state index contributed by atoms with van der Waals surface area (Å²) in [5, 5.41) is 0. The molecule has 2 aromatic rings. The molecule has 228 valence electrons. The molecule has 0 saturated carbocycles. The monoisotopic (exact) mass is 686 g/mol. The Kier molecular flexibility index (Phi) is 7.46. The van der Waals surface area contributed by atoms with Crippen molar-refractivity contribution in [1.29, 1.82) is 0 Å². The Labute approximate surface area is 264 Å². The number of rotatable bonds is 0. The van der Waals surface area contributed by atoms with Crippen LogP contribution < -0.4 is 19.6 Å². The van der Waals surface area contributed by atoms with Gasteiger partial charge in [-0.2, -0.15) is 13.3 Å². The molecule has 0 amide bonds. The van der Waals surface area contributed by atoms with Crippen molar-refractivity contribution in [2.24, 2.45) is 0 Å². The van der Waals surface area contributed by atoms with Crippen molar-refractivity contribution in [2.75, 3.05) is 45.8 Å². The molecule has 0 aromatic heterocycles. The summed E-state index contributed by atoms with van der Waals surface area (Å²) in [6.07, 6.45) is 4.97. The number of hydrogen-bond donors (Lipinski definition) is 0. The molecule has 2 aromatic carbocycles. The number of anilines is 4. The second-order valence-electron chi connectivity index (χ2n) is 15.3. The molecule has 0 spiro atoms. The fourth-order valence-corrected chi connectivity index (χ4v) is 7.89. The van der Waals surface area contributed by atoms with Gasteiger partial charge in [0.1, 0.15) is 0 Å². The zero-order valence-electron chi connectivity index (χ0n) is 26.0. The van der Waals surface area contributed by atoms with E-state index in [1.165, 1.54) is 70.7 Å². The van der Waals surface area contributed by atoms with Gasteiger partial charge in [-0.3, -0.25) is 0 Å². The van der Waals surface area contributed by atoms with Crippen LogP contribution in [-0.4, -0.2) is 26.2 Å². The minimum absolute atomic E-state index is 0.106. The molecule has 8 rings (SSSR count). The van der Waals surface area contributed by atoms with Crippen molar-refractivity contribution in [1.82, 2.24) is 0 Å². The van der Waals surface area contributed by atoms with E-state index >= 15 is 0 Å². The first-order valence-corrected chi connectivity index (χ1v) is 19.2. The summed E-state index contributed by atoms with van der Waals surface area (Å²) in [4.78, 5) is 9.95. The molecule has 0 saturated heterocycles. The van der Waals surface area contributed by atoms with Crippen LogP contribution in [0.4, 0.5) is 22.7 Å². The SMILES string of the molecule is CC1(C)CCN2[CH-]N3CCC(C)(C)c4ccc1c2c43.CC1(C)CCN2[CH-]N3CCC(C)(C)c4ccc1c2c43.[Cl][Pd][Cl]. The quantitative estimate of drug-likeness (QED) is 0.203. The summed E-state index contributed by atoms with van der Waals surface area (Å²) in [5.74, 6) is 0. The van der Waals surface area contributed by atoms with E-state index in [4.69, 9.17) is 19.1 Å². The van der Waals surface area contributed by atoms with Crippen molar-refractivity contribution in [3.63, 3.8) is 0 Å². The number of benzene rings is 2. The van der Waals surface area contributed by atoms with Crippen molar-refractivity contribution in [3.8, 4) is 0 Å². The maximum atomic E-state index is 4.81. The molecule has 6 aliphatic heterocycles. The molecule has 0 aliphatic carbocycles. The molecule has 0 fully saturated rings. The van der Waals surface area contributed by atoms with Gasteiger partial charge in [0, 0.05) is 22.7 Å². The van der Waals surface area contributed by atoms with Crippen LogP contribution in [0.3, 0.4) is 0 Å². The van der Waals surface area contributed by atoms with Gasteiger partial charge in [0.05, 0.1) is 0 Å². The second kappa shape index (κ2) is 10.2. The molecule has 0 radical (unpaired) electrons. The first-order valence-electron chi connectivity index (χ1n) is 15.2. The van der Waals surface area contributed by atoms with Crippen molar-refractivity contribution >= 4 is 41.8 Å². The molecule has 0 N–H and O–H groups in total. The van der Waals surface area contributed by atoms with Crippen molar-refractivity contribution in [2.45, 2.75) is 103 Å². The number of halogens is 2. The molecular formula is C34H46Cl2N4Pd-2. The van der Waals surface area contributed by atoms with E-state index in [1.54, 1.807) is 0 Å². The van der Waals surface area contributed by atoms with Gasteiger partial charge in [-0.1, -0.05) is 79.7 Å². The molecule has 0 unspecified atom stereocenters. The van der Waals surface area contributed by atoms with Gasteiger partial charge in [0.25, 0.3) is 0 Å². The molecule has 41 heavy (non-hydrogen) atoms. The van der Waals surface area contributed by atoms with E-state index in [2.05, 4.69) is 113 Å². The van der Waals surface area contributed by atoms with Crippen LogP contribution in [-0.2, 0) is 37.6 Å². The van der Waals surface area contributed by atoms with Crippen LogP contribution in [0.5, 0.6) is 0 Å². The molecule has 6 aliphatic rings. The van der Waals surface area contributed by atoms with Crippen LogP contribution in [0.2, 0.25) is 0 Å². The summed E-state index contributed by atoms with van der Waals surface area (Å²) >= 11 is -0.106. The zero-order valence-corrected chi connectivity index (χ0v) is 29.0. The van der Waals surface area contributed by atoms with Crippen molar-refractivity contribution in [3.05, 3.63) is 59.9 Å². The summed E-state index contributed by atoms with van der Waals surface area (Å²) in [6, 6.07) is 9.57. The molecular weight excluding hydrogens is 642 g/mol. The topological polar surface area (TPSA) is 13.0 Å². The summed E-state index contributed by atoms with van der Waals surface area (Å²) < 4.78 is 0. The second-order valence-corrected chi connectivity index (χ2v) is 17.7. The van der Waals surface area contributed by atoms with Crippen molar-refractivity contribution < 1.29 is 15.9 Å². The third-order valence-electron chi connectivity index (χ3n) is 10.8. The number of nitrogens with zero attached hydrogens (tertiary/aromatic N) is 4. The minimum atomic E-state index is -0.106. The Bertz CT molecular complexity index is 1150. The third kappa shape index (κ3) is 4.81. The standard InChI is InChI=1S/2C17H23N2.2ClH.Pd/c2*1-16(2)7-9-18-11-19-10-8-17(3,4)13-6-5-12(16)14(18)15(13)19;;;/h2*5-6,11H,7-10H2,1-4H3;2*1H;/q2*-1;;;+2/p-2. The van der Waals surface area contributed by atoms with Gasteiger partial charge in [-0.25, -0.2) is 0 Å². The molecule has 6 heterocycles. The Balaban J connectivity index is 0.000000135. The van der Waals surface area contributed by atoms with Gasteiger partial charge < -0.3 is 19.6 Å². The van der Waals surface area contributed by atoms with Gasteiger partial charge >= 0.3 is 35.0 Å². The third-order valence-corrected chi connectivity index (χ3v) is 10.8. The molecule has 7 heteroatoms. The van der Waals surface area contributed by atoms with Gasteiger partial charge in [0.15, 0.2) is 0 Å². The normalized spacial score (nSPS) is 24.1. The fraction of sp³-hybridized carbons (Fsp3) is 0.588. The van der Waals surface area contributed by atoms with E-state index in [0.717, 1.165) is 26.2 Å². The Morgan fingerprint density at radius 2 is 0.683 bits per heavy atom. The first-order chi connectivity index (χ1) is 19.2. The predicted molar refractivity (Wildman–Crippen MR) is 173 cm³/mol. The van der Waals surface area contributed by atoms with E-state index in [9.17, 15) is 0 Å². The first kappa shape index (κ1) is 29.9. The summed E-state index contributed by atoms with van der Waals surface area (Å²) in [6.45, 7) is 28.4. The van der Waals surface area contributed by atoms with Gasteiger partial charge in [-0.15, -0.1) is 0 Å². The Morgan fingerprint density at radius 3 is 0.878 bits per heavy atom. The predicted octanol–water partition coefficient (Wildman–Crippen LogP) is 8.97. The fourth-order valence-electron chi connectivity index (χ4n) is 7.89. The van der Waals surface area contributed by atoms with Crippen LogP contribution in [0.1, 0.15) is 103 Å². The average molecular weight is 688 g/mol. The van der Waals surface area contributed by atoms with E-state index < -0.39 is 0 Å². The maximum absolute atomic E-state index is 4.81. The molecule has 0 bridgehead atoms. The summed E-state index contributed by atoms with van der Waals surface area (Å²) in [5.41, 5.74) is 13.4. The van der Waals surface area contributed by atoms with E-state index in [-0.39, 0.29) is 15.9 Å². The summed E-state index contributed by atoms with van der Waals surface area (Å²) in [7, 11) is 9.63. The molecule has 0 atom stereocenters. The van der Waals surface area contributed by atoms with E-state index in [0.29, 0.717) is 21.7 Å². The zero-order chi connectivity index (χ0) is 29.5. The van der Waals surface area contributed by atoms with Crippen LogP contribution in [0.25, 0.3) is 0 Å². The van der Waals surface area contributed by atoms with Crippen LogP contribution in [0, 0.1) is 13.3 Å². The number of hydrogen-bond acceptors (Lipinski definition) is 4. The van der Waals surface area contributed by atoms with Crippen LogP contribution >= 0.6 is 19.1 Å². The Hall–Kier alpha value is -1.12. The van der Waals surface area contributed by atoms with Gasteiger partial charge in [0.2, 0.25) is 0 Å². The van der Waals surface area contributed by atoms with Crippen LogP contribution in [0.15, 0.2) is 24.3 Å². The van der Waals surface area contributed by atoms with Gasteiger partial charge in [-0.05, 0) is 95.8 Å². The Morgan fingerprint density at radius 1 is 0.488 bits per heavy atom. The molecule has 4 nitrogen and oxygen atoms in total.